The SMILES string of the molecule is O=C(O)Cc1ccc(F)cc1OC(F)(F)F. The fourth-order valence-electron chi connectivity index (χ4n) is 1.06. The number of benzene rings is 1. The van der Waals surface area contributed by atoms with Gasteiger partial charge in [0.2, 0.25) is 0 Å². The van der Waals surface area contributed by atoms with E-state index in [9.17, 15) is 22.4 Å². The molecule has 7 heteroatoms. The summed E-state index contributed by atoms with van der Waals surface area (Å²) in [5, 5.41) is 8.43. The lowest BCUT2D eigenvalue weighted by Gasteiger charge is -2.12. The van der Waals surface area contributed by atoms with Crippen molar-refractivity contribution in [2.24, 2.45) is 0 Å². The first-order chi connectivity index (χ1) is 7.28. The van der Waals surface area contributed by atoms with Crippen molar-refractivity contribution in [3.05, 3.63) is 29.6 Å². The minimum absolute atomic E-state index is 0.244. The number of aliphatic carboxylic acids is 1. The summed E-state index contributed by atoms with van der Waals surface area (Å²) in [5.41, 5.74) is -0.244. The molecule has 0 saturated carbocycles. The molecule has 0 aliphatic rings. The molecule has 88 valence electrons. The zero-order valence-electron chi connectivity index (χ0n) is 7.71. The number of alkyl halides is 3. The number of hydrogen-bond donors (Lipinski definition) is 1. The van der Waals surface area contributed by atoms with Crippen LogP contribution in [0.2, 0.25) is 0 Å². The molecule has 0 heterocycles. The highest BCUT2D eigenvalue weighted by Gasteiger charge is 2.32. The lowest BCUT2D eigenvalue weighted by molar-refractivity contribution is -0.275. The van der Waals surface area contributed by atoms with E-state index in [0.29, 0.717) is 6.07 Å². The Bertz CT molecular complexity index is 400. The van der Waals surface area contributed by atoms with E-state index in [4.69, 9.17) is 5.11 Å². The third-order valence-corrected chi connectivity index (χ3v) is 1.60. The van der Waals surface area contributed by atoms with Crippen LogP contribution in [0.4, 0.5) is 17.6 Å². The normalized spacial score (nSPS) is 11.2. The van der Waals surface area contributed by atoms with Crippen LogP contribution in [-0.2, 0) is 11.2 Å². The molecule has 1 aromatic carbocycles. The highest BCUT2D eigenvalue weighted by molar-refractivity contribution is 5.71. The third-order valence-electron chi connectivity index (χ3n) is 1.60. The molecule has 0 aliphatic carbocycles. The van der Waals surface area contributed by atoms with Gasteiger partial charge in [-0.15, -0.1) is 13.2 Å². The highest BCUT2D eigenvalue weighted by Crippen LogP contribution is 2.27. The van der Waals surface area contributed by atoms with Gasteiger partial charge in [0.15, 0.2) is 0 Å². The van der Waals surface area contributed by atoms with E-state index in [1.165, 1.54) is 0 Å². The maximum absolute atomic E-state index is 12.7. The van der Waals surface area contributed by atoms with Crippen molar-refractivity contribution >= 4 is 5.97 Å². The average molecular weight is 238 g/mol. The Kier molecular flexibility index (Phi) is 3.36. The maximum atomic E-state index is 12.7. The highest BCUT2D eigenvalue weighted by atomic mass is 19.4. The summed E-state index contributed by atoms with van der Waals surface area (Å²) in [6.45, 7) is 0. The largest absolute Gasteiger partial charge is 0.573 e. The number of ether oxygens (including phenoxy) is 1. The summed E-state index contributed by atoms with van der Waals surface area (Å²) in [5.74, 6) is -3.11. The Hall–Kier alpha value is -1.79. The summed E-state index contributed by atoms with van der Waals surface area (Å²) in [7, 11) is 0. The molecule has 3 nitrogen and oxygen atoms in total. The van der Waals surface area contributed by atoms with Crippen molar-refractivity contribution in [3.8, 4) is 5.75 Å². The van der Waals surface area contributed by atoms with Crippen molar-refractivity contribution < 1.29 is 32.2 Å². The standard InChI is InChI=1S/C9H6F4O3/c10-6-2-1-5(3-8(14)15)7(4-6)16-9(11,12)13/h1-2,4H,3H2,(H,14,15). The lowest BCUT2D eigenvalue weighted by Crippen LogP contribution is -2.18. The summed E-state index contributed by atoms with van der Waals surface area (Å²) < 4.78 is 51.9. The fraction of sp³-hybridized carbons (Fsp3) is 0.222. The van der Waals surface area contributed by atoms with Crippen molar-refractivity contribution in [2.45, 2.75) is 12.8 Å². The Labute approximate surface area is 87.3 Å². The van der Waals surface area contributed by atoms with Crippen LogP contribution in [0.25, 0.3) is 0 Å². The molecule has 16 heavy (non-hydrogen) atoms. The molecule has 1 aromatic rings. The first kappa shape index (κ1) is 12.3. The molecular formula is C9H6F4O3. The number of carbonyl (C=O) groups is 1. The number of carboxylic acid groups (broad SMARTS) is 1. The minimum atomic E-state index is -4.99. The molecule has 0 spiro atoms. The van der Waals surface area contributed by atoms with E-state index < -0.39 is 30.3 Å². The number of carboxylic acids is 1. The van der Waals surface area contributed by atoms with Crippen LogP contribution < -0.4 is 4.74 Å². The van der Waals surface area contributed by atoms with E-state index in [2.05, 4.69) is 4.74 Å². The van der Waals surface area contributed by atoms with Gasteiger partial charge in [-0.05, 0) is 6.07 Å². The van der Waals surface area contributed by atoms with Crippen LogP contribution in [-0.4, -0.2) is 17.4 Å². The van der Waals surface area contributed by atoms with Gasteiger partial charge in [-0.25, -0.2) is 4.39 Å². The molecule has 0 amide bonds. The van der Waals surface area contributed by atoms with Gasteiger partial charge in [-0.1, -0.05) is 6.07 Å². The second-order valence-corrected chi connectivity index (χ2v) is 2.87. The zero-order valence-corrected chi connectivity index (χ0v) is 7.71. The monoisotopic (exact) mass is 238 g/mol. The van der Waals surface area contributed by atoms with E-state index in [1.807, 2.05) is 0 Å². The topological polar surface area (TPSA) is 46.5 Å². The summed E-state index contributed by atoms with van der Waals surface area (Å²) in [6, 6.07) is 2.29. The second-order valence-electron chi connectivity index (χ2n) is 2.87. The molecule has 0 aliphatic heterocycles. The smallest absolute Gasteiger partial charge is 0.481 e. The minimum Gasteiger partial charge on any atom is -0.481 e. The van der Waals surface area contributed by atoms with Gasteiger partial charge >= 0.3 is 12.3 Å². The zero-order chi connectivity index (χ0) is 12.3. The van der Waals surface area contributed by atoms with Gasteiger partial charge in [0, 0.05) is 11.6 Å². The molecule has 0 radical (unpaired) electrons. The van der Waals surface area contributed by atoms with E-state index >= 15 is 0 Å². The summed E-state index contributed by atoms with van der Waals surface area (Å²) >= 11 is 0. The quantitative estimate of drug-likeness (QED) is 0.822. The maximum Gasteiger partial charge on any atom is 0.573 e. The fourth-order valence-corrected chi connectivity index (χ4v) is 1.06. The Morgan fingerprint density at radius 2 is 2.00 bits per heavy atom. The summed E-state index contributed by atoms with van der Waals surface area (Å²) in [4.78, 5) is 10.3. The van der Waals surface area contributed by atoms with Crippen molar-refractivity contribution in [2.75, 3.05) is 0 Å². The molecule has 0 bridgehead atoms. The Balaban J connectivity index is 3.03. The van der Waals surface area contributed by atoms with Crippen LogP contribution in [0.1, 0.15) is 5.56 Å². The van der Waals surface area contributed by atoms with Crippen molar-refractivity contribution in [1.82, 2.24) is 0 Å². The predicted octanol–water partition coefficient (Wildman–Crippen LogP) is 2.35. The van der Waals surface area contributed by atoms with Crippen molar-refractivity contribution in [1.29, 1.82) is 0 Å². The Morgan fingerprint density at radius 3 is 2.50 bits per heavy atom. The second kappa shape index (κ2) is 4.38. The van der Waals surface area contributed by atoms with Gasteiger partial charge in [-0.3, -0.25) is 4.79 Å². The van der Waals surface area contributed by atoms with Crippen LogP contribution in [0, 0.1) is 5.82 Å². The predicted molar refractivity (Wildman–Crippen MR) is 44.4 cm³/mol. The Morgan fingerprint density at radius 1 is 1.38 bits per heavy atom. The molecule has 0 aromatic heterocycles. The van der Waals surface area contributed by atoms with E-state index in [-0.39, 0.29) is 5.56 Å². The molecule has 1 N–H and O–H groups in total. The third kappa shape index (κ3) is 3.76. The van der Waals surface area contributed by atoms with E-state index in [1.54, 1.807) is 0 Å². The van der Waals surface area contributed by atoms with Crippen LogP contribution >= 0.6 is 0 Å². The van der Waals surface area contributed by atoms with Gasteiger partial charge in [0.25, 0.3) is 0 Å². The molecule has 0 unspecified atom stereocenters. The van der Waals surface area contributed by atoms with Crippen molar-refractivity contribution in [3.63, 3.8) is 0 Å². The number of halogens is 4. The van der Waals surface area contributed by atoms with Gasteiger partial charge < -0.3 is 9.84 Å². The first-order valence-electron chi connectivity index (χ1n) is 4.04. The lowest BCUT2D eigenvalue weighted by atomic mass is 10.1. The van der Waals surface area contributed by atoms with Gasteiger partial charge in [0.1, 0.15) is 11.6 Å². The molecule has 1 rings (SSSR count). The van der Waals surface area contributed by atoms with E-state index in [0.717, 1.165) is 12.1 Å². The van der Waals surface area contributed by atoms with Crippen LogP contribution in [0.3, 0.4) is 0 Å². The average Bonchev–Trinajstić information content (AvgIpc) is 2.06. The van der Waals surface area contributed by atoms with Crippen LogP contribution in [0.15, 0.2) is 18.2 Å². The molecule has 0 atom stereocenters. The number of hydrogen-bond acceptors (Lipinski definition) is 2. The number of rotatable bonds is 3. The summed E-state index contributed by atoms with van der Waals surface area (Å²) in [6.07, 6.45) is -5.66. The first-order valence-corrected chi connectivity index (χ1v) is 4.04. The molecule has 0 saturated heterocycles. The molecular weight excluding hydrogens is 232 g/mol. The van der Waals surface area contributed by atoms with Crippen LogP contribution in [0.5, 0.6) is 5.75 Å². The van der Waals surface area contributed by atoms with Gasteiger partial charge in [-0.2, -0.15) is 0 Å². The van der Waals surface area contributed by atoms with Gasteiger partial charge in [0.05, 0.1) is 6.42 Å². The molecule has 0 fully saturated rings.